The smallest absolute Gasteiger partial charge is 0.275 e. The van der Waals surface area contributed by atoms with E-state index in [-0.39, 0.29) is 19.4 Å². The van der Waals surface area contributed by atoms with E-state index < -0.39 is 23.8 Å². The number of urea groups is 1. The van der Waals surface area contributed by atoms with Crippen molar-refractivity contribution in [1.82, 2.24) is 9.80 Å². The molecular formula is C9H12N2O4. The van der Waals surface area contributed by atoms with Gasteiger partial charge in [-0.3, -0.25) is 19.3 Å². The number of carbonyl (C=O) groups excluding carboxylic acids is 4. The molecule has 0 aromatic carbocycles. The van der Waals surface area contributed by atoms with E-state index in [1.54, 1.807) is 6.92 Å². The number of hydrogen-bond donors (Lipinski definition) is 0. The minimum atomic E-state index is -0.828. The van der Waals surface area contributed by atoms with Crippen LogP contribution in [0.1, 0.15) is 26.7 Å². The van der Waals surface area contributed by atoms with Gasteiger partial charge in [0, 0.05) is 26.3 Å². The molecule has 6 nitrogen and oxygen atoms in total. The van der Waals surface area contributed by atoms with Crippen LogP contribution in [0, 0.1) is 0 Å². The van der Waals surface area contributed by atoms with Gasteiger partial charge in [0.15, 0.2) is 0 Å². The first-order valence-corrected chi connectivity index (χ1v) is 4.66. The summed E-state index contributed by atoms with van der Waals surface area (Å²) in [6, 6.07) is -0.828. The van der Waals surface area contributed by atoms with Crippen molar-refractivity contribution < 1.29 is 19.2 Å². The summed E-state index contributed by atoms with van der Waals surface area (Å²) in [6.07, 6.45) is 0.0697. The van der Waals surface area contributed by atoms with E-state index in [0.717, 1.165) is 4.90 Å². The summed E-state index contributed by atoms with van der Waals surface area (Å²) in [7, 11) is 0. The Labute approximate surface area is 86.8 Å². The molecule has 1 saturated heterocycles. The fourth-order valence-corrected chi connectivity index (χ4v) is 1.34. The Morgan fingerprint density at radius 3 is 2.40 bits per heavy atom. The quantitative estimate of drug-likeness (QED) is 0.618. The molecule has 1 heterocycles. The summed E-state index contributed by atoms with van der Waals surface area (Å²) < 4.78 is 0. The fourth-order valence-electron chi connectivity index (χ4n) is 1.34. The van der Waals surface area contributed by atoms with Crippen molar-refractivity contribution in [2.75, 3.05) is 6.54 Å². The van der Waals surface area contributed by atoms with Crippen LogP contribution in [0.15, 0.2) is 0 Å². The summed E-state index contributed by atoms with van der Waals surface area (Å²) in [4.78, 5) is 46.7. The van der Waals surface area contributed by atoms with E-state index in [2.05, 4.69) is 0 Å². The molecule has 82 valence electrons. The van der Waals surface area contributed by atoms with E-state index in [1.165, 1.54) is 6.92 Å². The van der Waals surface area contributed by atoms with Gasteiger partial charge in [-0.25, -0.2) is 4.79 Å². The predicted octanol–water partition coefficient (Wildman–Crippen LogP) is 0.124. The summed E-state index contributed by atoms with van der Waals surface area (Å²) in [5.41, 5.74) is 0. The second-order valence-corrected chi connectivity index (χ2v) is 3.18. The van der Waals surface area contributed by atoms with Gasteiger partial charge in [-0.2, -0.15) is 4.90 Å². The average Bonchev–Trinajstić information content (AvgIpc) is 2.16. The van der Waals surface area contributed by atoms with Crippen molar-refractivity contribution in [3.63, 3.8) is 0 Å². The van der Waals surface area contributed by atoms with E-state index in [0.29, 0.717) is 4.90 Å². The summed E-state index contributed by atoms with van der Waals surface area (Å²) >= 11 is 0. The molecule has 0 saturated carbocycles. The Hall–Kier alpha value is -1.72. The third-order valence-electron chi connectivity index (χ3n) is 2.15. The van der Waals surface area contributed by atoms with E-state index in [4.69, 9.17) is 0 Å². The van der Waals surface area contributed by atoms with Crippen molar-refractivity contribution in [3.8, 4) is 0 Å². The molecule has 1 rings (SSSR count). The Bertz CT molecular complexity index is 329. The second-order valence-electron chi connectivity index (χ2n) is 3.18. The predicted molar refractivity (Wildman–Crippen MR) is 49.5 cm³/mol. The minimum Gasteiger partial charge on any atom is -0.275 e. The SMILES string of the molecule is CCC(=O)N1C(=O)CCN(C(C)=O)C1=O. The highest BCUT2D eigenvalue weighted by Crippen LogP contribution is 2.12. The van der Waals surface area contributed by atoms with Gasteiger partial charge in [-0.05, 0) is 0 Å². The topological polar surface area (TPSA) is 74.8 Å². The zero-order chi connectivity index (χ0) is 11.6. The number of carbonyl (C=O) groups is 4. The van der Waals surface area contributed by atoms with Crippen LogP contribution in [0.5, 0.6) is 0 Å². The normalized spacial score (nSPS) is 16.9. The average molecular weight is 212 g/mol. The van der Waals surface area contributed by atoms with Crippen molar-refractivity contribution in [3.05, 3.63) is 0 Å². The second kappa shape index (κ2) is 4.20. The highest BCUT2D eigenvalue weighted by atomic mass is 16.2. The van der Waals surface area contributed by atoms with Gasteiger partial charge in [0.05, 0.1) is 0 Å². The molecule has 15 heavy (non-hydrogen) atoms. The van der Waals surface area contributed by atoms with Crippen molar-refractivity contribution in [2.24, 2.45) is 0 Å². The molecule has 0 unspecified atom stereocenters. The van der Waals surface area contributed by atoms with Gasteiger partial charge in [-0.15, -0.1) is 0 Å². The standard InChI is InChI=1S/C9H12N2O4/c1-3-7(13)11-8(14)4-5-10(6(2)12)9(11)15/h3-5H2,1-2H3. The van der Waals surface area contributed by atoms with Crippen molar-refractivity contribution in [1.29, 1.82) is 0 Å². The Kier molecular flexibility index (Phi) is 3.18. The van der Waals surface area contributed by atoms with E-state index >= 15 is 0 Å². The van der Waals surface area contributed by atoms with Gasteiger partial charge < -0.3 is 0 Å². The first-order valence-electron chi connectivity index (χ1n) is 4.66. The molecule has 1 fully saturated rings. The highest BCUT2D eigenvalue weighted by Gasteiger charge is 2.37. The van der Waals surface area contributed by atoms with E-state index in [1.807, 2.05) is 0 Å². The Morgan fingerprint density at radius 2 is 1.93 bits per heavy atom. The van der Waals surface area contributed by atoms with Crippen LogP contribution in [-0.4, -0.2) is 40.1 Å². The largest absolute Gasteiger partial charge is 0.340 e. The number of amides is 5. The third-order valence-corrected chi connectivity index (χ3v) is 2.15. The number of rotatable bonds is 1. The lowest BCUT2D eigenvalue weighted by Crippen LogP contribution is -2.55. The zero-order valence-corrected chi connectivity index (χ0v) is 8.65. The molecule has 0 spiro atoms. The summed E-state index contributed by atoms with van der Waals surface area (Å²) in [5, 5.41) is 0. The highest BCUT2D eigenvalue weighted by molar-refractivity contribution is 6.14. The maximum atomic E-state index is 11.6. The molecule has 0 radical (unpaired) electrons. The molecular weight excluding hydrogens is 200 g/mol. The van der Waals surface area contributed by atoms with Gasteiger partial charge in [0.2, 0.25) is 17.7 Å². The first kappa shape index (κ1) is 11.4. The molecule has 0 N–H and O–H groups in total. The molecule has 0 aromatic heterocycles. The Morgan fingerprint density at radius 1 is 1.33 bits per heavy atom. The zero-order valence-electron chi connectivity index (χ0n) is 8.65. The lowest BCUT2D eigenvalue weighted by Gasteiger charge is -2.30. The molecule has 0 aliphatic carbocycles. The molecule has 0 atom stereocenters. The van der Waals surface area contributed by atoms with Crippen LogP contribution in [0.25, 0.3) is 0 Å². The number of nitrogens with zero attached hydrogens (tertiary/aromatic N) is 2. The molecule has 6 heteroatoms. The molecule has 0 aromatic rings. The number of hydrogen-bond acceptors (Lipinski definition) is 4. The van der Waals surface area contributed by atoms with Crippen LogP contribution < -0.4 is 0 Å². The molecule has 1 aliphatic heterocycles. The van der Waals surface area contributed by atoms with Gasteiger partial charge in [-0.1, -0.05) is 6.92 Å². The molecule has 1 aliphatic rings. The first-order chi connectivity index (χ1) is 6.99. The lowest BCUT2D eigenvalue weighted by molar-refractivity contribution is -0.144. The van der Waals surface area contributed by atoms with E-state index in [9.17, 15) is 19.2 Å². The Balaban J connectivity index is 2.93. The lowest BCUT2D eigenvalue weighted by atomic mass is 10.2. The molecule has 5 amide bonds. The minimum absolute atomic E-state index is 0.0110. The van der Waals surface area contributed by atoms with Crippen LogP contribution in [0.2, 0.25) is 0 Å². The van der Waals surface area contributed by atoms with Crippen molar-refractivity contribution in [2.45, 2.75) is 26.7 Å². The van der Waals surface area contributed by atoms with Crippen LogP contribution >= 0.6 is 0 Å². The van der Waals surface area contributed by atoms with Gasteiger partial charge in [0.25, 0.3) is 0 Å². The number of imide groups is 4. The van der Waals surface area contributed by atoms with Gasteiger partial charge in [0.1, 0.15) is 0 Å². The van der Waals surface area contributed by atoms with Crippen molar-refractivity contribution >= 4 is 23.8 Å². The van der Waals surface area contributed by atoms with Crippen LogP contribution in [0.3, 0.4) is 0 Å². The summed E-state index contributed by atoms with van der Waals surface area (Å²) in [5.74, 6) is -1.57. The summed E-state index contributed by atoms with van der Waals surface area (Å²) in [6.45, 7) is 2.83. The van der Waals surface area contributed by atoms with Crippen LogP contribution in [0.4, 0.5) is 4.79 Å². The monoisotopic (exact) mass is 212 g/mol. The van der Waals surface area contributed by atoms with Crippen LogP contribution in [-0.2, 0) is 14.4 Å². The van der Waals surface area contributed by atoms with Gasteiger partial charge >= 0.3 is 6.03 Å². The maximum absolute atomic E-state index is 11.6. The fraction of sp³-hybridized carbons (Fsp3) is 0.556. The third kappa shape index (κ3) is 2.03. The maximum Gasteiger partial charge on any atom is 0.340 e. The molecule has 0 bridgehead atoms.